The second-order valence-corrected chi connectivity index (χ2v) is 5.86. The van der Waals surface area contributed by atoms with E-state index in [0.717, 1.165) is 10.0 Å². The molecule has 0 saturated heterocycles. The molecule has 0 aliphatic heterocycles. The van der Waals surface area contributed by atoms with E-state index in [4.69, 9.17) is 10.5 Å². The van der Waals surface area contributed by atoms with Crippen molar-refractivity contribution in [2.45, 2.75) is 6.92 Å². The van der Waals surface area contributed by atoms with Gasteiger partial charge in [0, 0.05) is 0 Å². The van der Waals surface area contributed by atoms with Gasteiger partial charge in [0.25, 0.3) is 0 Å². The first-order chi connectivity index (χ1) is 7.27. The molecule has 4 heteroatoms. The van der Waals surface area contributed by atoms with Gasteiger partial charge in [-0.2, -0.15) is 0 Å². The van der Waals surface area contributed by atoms with Crippen LogP contribution in [0.3, 0.4) is 0 Å². The number of hydrogen-bond donors (Lipinski definition) is 0. The van der Waals surface area contributed by atoms with Gasteiger partial charge in [-0.1, -0.05) is 0 Å². The number of aryl methyl sites for hydroxylation is 1. The van der Waals surface area contributed by atoms with E-state index >= 15 is 0 Å². The molecule has 0 aromatic heterocycles. The number of nitriles is 2. The molecule has 0 spiro atoms. The Morgan fingerprint density at radius 1 is 1.33 bits per heavy atom. The van der Waals surface area contributed by atoms with Crippen molar-refractivity contribution in [3.63, 3.8) is 0 Å². The molecule has 0 heterocycles. The van der Waals surface area contributed by atoms with Crippen LogP contribution in [-0.4, -0.2) is 29.9 Å². The van der Waals surface area contributed by atoms with Crippen LogP contribution >= 0.6 is 0 Å². The van der Waals surface area contributed by atoms with Crippen molar-refractivity contribution in [1.29, 1.82) is 10.5 Å². The van der Waals surface area contributed by atoms with Crippen LogP contribution in [-0.2, 0) is 0 Å². The average molecular weight is 326 g/mol. The normalized spacial score (nSPS) is 10.5. The molecule has 0 amide bonds. The van der Waals surface area contributed by atoms with Gasteiger partial charge < -0.3 is 0 Å². The first-order valence-electron chi connectivity index (χ1n) is 4.16. The zero-order chi connectivity index (χ0) is 11.1. The molecule has 15 heavy (non-hydrogen) atoms. The Balaban J connectivity index is 3.01. The molecule has 0 atom stereocenters. The van der Waals surface area contributed by atoms with Gasteiger partial charge in [0.15, 0.2) is 0 Å². The van der Waals surface area contributed by atoms with E-state index in [1.807, 2.05) is 30.1 Å². The molecule has 74 valence electrons. The second-order valence-electron chi connectivity index (χ2n) is 2.75. The van der Waals surface area contributed by atoms with Gasteiger partial charge in [-0.25, -0.2) is 0 Å². The molecule has 2 nitrogen and oxygen atoms in total. The molecule has 0 unspecified atom stereocenters. The Morgan fingerprint density at radius 3 is 2.73 bits per heavy atom. The minimum absolute atomic E-state index is 0.155. The Morgan fingerprint density at radius 2 is 2.13 bits per heavy atom. The monoisotopic (exact) mass is 328 g/mol. The third kappa shape index (κ3) is 3.92. The minimum atomic E-state index is -0.188. The van der Waals surface area contributed by atoms with Crippen LogP contribution in [0, 0.1) is 27.4 Å². The fourth-order valence-corrected chi connectivity index (χ4v) is 3.57. The molecule has 0 saturated carbocycles. The van der Waals surface area contributed by atoms with Crippen LogP contribution in [0.5, 0.6) is 0 Å². The molecule has 0 bridgehead atoms. The van der Waals surface area contributed by atoms with Gasteiger partial charge in [-0.3, -0.25) is 0 Å². The van der Waals surface area contributed by atoms with Crippen LogP contribution in [0.15, 0.2) is 29.2 Å². The first-order valence-corrected chi connectivity index (χ1v) is 7.71. The summed E-state index contributed by atoms with van der Waals surface area (Å²) in [6, 6.07) is 8.05. The standard InChI is InChI=1S/C11H8N2Se2/c1-9-3-2-4-10(5-9)11(15-8-13)6-14-7-12/h2-6H,1H3. The molecule has 1 aromatic carbocycles. The van der Waals surface area contributed by atoms with Crippen molar-refractivity contribution < 1.29 is 0 Å². The maximum atomic E-state index is 8.73. The molecule has 0 aliphatic rings. The van der Waals surface area contributed by atoms with Crippen molar-refractivity contribution in [3.8, 4) is 9.94 Å². The van der Waals surface area contributed by atoms with Crippen LogP contribution in [0.1, 0.15) is 11.1 Å². The molecule has 0 N–H and O–H groups in total. The van der Waals surface area contributed by atoms with E-state index in [1.165, 1.54) is 5.56 Å². The van der Waals surface area contributed by atoms with E-state index in [-0.39, 0.29) is 29.9 Å². The molecule has 0 aliphatic carbocycles. The van der Waals surface area contributed by atoms with Crippen molar-refractivity contribution >= 4 is 34.4 Å². The summed E-state index contributed by atoms with van der Waals surface area (Å²) in [7, 11) is 0. The van der Waals surface area contributed by atoms with Crippen LogP contribution in [0.2, 0.25) is 0 Å². The average Bonchev–Trinajstić information content (AvgIpc) is 2.24. The van der Waals surface area contributed by atoms with Crippen LogP contribution < -0.4 is 0 Å². The van der Waals surface area contributed by atoms with Crippen molar-refractivity contribution in [2.75, 3.05) is 0 Å². The second kappa shape index (κ2) is 6.46. The van der Waals surface area contributed by atoms with Crippen molar-refractivity contribution in [3.05, 3.63) is 40.4 Å². The van der Waals surface area contributed by atoms with Crippen LogP contribution in [0.25, 0.3) is 4.47 Å². The Hall–Kier alpha value is -1.02. The van der Waals surface area contributed by atoms with Gasteiger partial charge in [0.1, 0.15) is 0 Å². The van der Waals surface area contributed by atoms with E-state index in [1.54, 1.807) is 0 Å². The number of benzene rings is 1. The molecular formula is C11H8N2Se2. The summed E-state index contributed by atoms with van der Waals surface area (Å²) in [5.41, 5.74) is 2.25. The van der Waals surface area contributed by atoms with Crippen molar-refractivity contribution in [2.24, 2.45) is 0 Å². The summed E-state index contributed by atoms with van der Waals surface area (Å²) < 4.78 is 1.02. The summed E-state index contributed by atoms with van der Waals surface area (Å²) in [5.74, 6) is 0. The van der Waals surface area contributed by atoms with Crippen LogP contribution in [0.4, 0.5) is 0 Å². The predicted molar refractivity (Wildman–Crippen MR) is 61.9 cm³/mol. The van der Waals surface area contributed by atoms with Gasteiger partial charge in [-0.15, -0.1) is 0 Å². The molecule has 1 aromatic rings. The Kier molecular flexibility index (Phi) is 5.19. The third-order valence-corrected chi connectivity index (χ3v) is 4.79. The third-order valence-electron chi connectivity index (χ3n) is 1.68. The zero-order valence-corrected chi connectivity index (χ0v) is 11.5. The summed E-state index contributed by atoms with van der Waals surface area (Å²) in [5, 5.41) is 17.3. The fraction of sp³-hybridized carbons (Fsp3) is 0.0909. The number of nitrogens with zero attached hydrogens (tertiary/aromatic N) is 2. The zero-order valence-electron chi connectivity index (χ0n) is 8.10. The summed E-state index contributed by atoms with van der Waals surface area (Å²) in [4.78, 5) is 6.22. The Bertz CT molecular complexity index is 452. The maximum absolute atomic E-state index is 8.73. The Labute approximate surface area is 102 Å². The molecular weight excluding hydrogens is 318 g/mol. The summed E-state index contributed by atoms with van der Waals surface area (Å²) >= 11 is -0.343. The number of hydrogen-bond acceptors (Lipinski definition) is 2. The number of rotatable bonds is 3. The van der Waals surface area contributed by atoms with Gasteiger partial charge in [0.05, 0.1) is 0 Å². The summed E-state index contributed by atoms with van der Waals surface area (Å²) in [6.45, 7) is 2.02. The van der Waals surface area contributed by atoms with Crippen molar-refractivity contribution in [1.82, 2.24) is 0 Å². The quantitative estimate of drug-likeness (QED) is 0.793. The van der Waals surface area contributed by atoms with Gasteiger partial charge in [-0.05, 0) is 0 Å². The van der Waals surface area contributed by atoms with E-state index in [2.05, 4.69) is 16.0 Å². The fourth-order valence-electron chi connectivity index (χ4n) is 1.08. The predicted octanol–water partition coefficient (Wildman–Crippen LogP) is 1.66. The van der Waals surface area contributed by atoms with Gasteiger partial charge in [0.2, 0.25) is 0 Å². The molecule has 1 rings (SSSR count). The van der Waals surface area contributed by atoms with E-state index < -0.39 is 0 Å². The van der Waals surface area contributed by atoms with E-state index in [0.29, 0.717) is 0 Å². The molecule has 0 fully saturated rings. The SMILES string of the molecule is Cc1cccc(C(=C[Se]C#N)[Se]C#N)c1. The molecule has 0 radical (unpaired) electrons. The topological polar surface area (TPSA) is 47.6 Å². The van der Waals surface area contributed by atoms with Gasteiger partial charge >= 0.3 is 102 Å². The first kappa shape index (κ1) is 12.1. The summed E-state index contributed by atoms with van der Waals surface area (Å²) in [6.07, 6.45) is 0. The van der Waals surface area contributed by atoms with E-state index in [9.17, 15) is 0 Å².